The third kappa shape index (κ3) is 3.32. The SMILES string of the molecule is COCCC(C)NC(C)c1c(C)noc1C. The zero-order valence-corrected chi connectivity index (χ0v) is 10.8. The molecule has 0 spiro atoms. The summed E-state index contributed by atoms with van der Waals surface area (Å²) < 4.78 is 10.2. The second-order valence-electron chi connectivity index (χ2n) is 4.31. The molecule has 0 fully saturated rings. The van der Waals surface area contributed by atoms with E-state index in [-0.39, 0.29) is 6.04 Å². The summed E-state index contributed by atoms with van der Waals surface area (Å²) in [7, 11) is 1.73. The summed E-state index contributed by atoms with van der Waals surface area (Å²) in [4.78, 5) is 0. The number of hydrogen-bond donors (Lipinski definition) is 1. The molecule has 0 aliphatic rings. The Morgan fingerprint density at radius 1 is 1.38 bits per heavy atom. The molecule has 0 bridgehead atoms. The van der Waals surface area contributed by atoms with Gasteiger partial charge in [0.05, 0.1) is 5.69 Å². The lowest BCUT2D eigenvalue weighted by molar-refractivity contribution is 0.183. The molecule has 92 valence electrons. The van der Waals surface area contributed by atoms with Crippen molar-refractivity contribution in [3.8, 4) is 0 Å². The van der Waals surface area contributed by atoms with Crippen LogP contribution in [-0.2, 0) is 4.74 Å². The van der Waals surface area contributed by atoms with Crippen molar-refractivity contribution >= 4 is 0 Å². The van der Waals surface area contributed by atoms with Crippen molar-refractivity contribution in [1.29, 1.82) is 0 Å². The minimum Gasteiger partial charge on any atom is -0.385 e. The van der Waals surface area contributed by atoms with Gasteiger partial charge in [0.2, 0.25) is 0 Å². The number of nitrogens with one attached hydrogen (secondary N) is 1. The summed E-state index contributed by atoms with van der Waals surface area (Å²) in [5.74, 6) is 0.899. The smallest absolute Gasteiger partial charge is 0.138 e. The van der Waals surface area contributed by atoms with E-state index in [0.717, 1.165) is 24.5 Å². The molecule has 4 heteroatoms. The molecule has 0 radical (unpaired) electrons. The van der Waals surface area contributed by atoms with E-state index >= 15 is 0 Å². The average Bonchev–Trinajstić information content (AvgIpc) is 2.55. The second-order valence-corrected chi connectivity index (χ2v) is 4.31. The summed E-state index contributed by atoms with van der Waals surface area (Å²) in [6, 6.07) is 0.682. The first kappa shape index (κ1) is 13.2. The summed E-state index contributed by atoms with van der Waals surface area (Å²) >= 11 is 0. The normalized spacial score (nSPS) is 15.1. The number of aryl methyl sites for hydroxylation is 2. The molecule has 2 atom stereocenters. The Morgan fingerprint density at radius 2 is 2.06 bits per heavy atom. The van der Waals surface area contributed by atoms with Crippen molar-refractivity contribution in [2.75, 3.05) is 13.7 Å². The Labute approximate surface area is 97.3 Å². The maximum Gasteiger partial charge on any atom is 0.138 e. The van der Waals surface area contributed by atoms with E-state index in [1.165, 1.54) is 5.56 Å². The van der Waals surface area contributed by atoms with Gasteiger partial charge in [0.25, 0.3) is 0 Å². The lowest BCUT2D eigenvalue weighted by Crippen LogP contribution is -2.30. The molecule has 0 saturated heterocycles. The molecule has 0 saturated carbocycles. The first-order chi connectivity index (χ1) is 7.56. The van der Waals surface area contributed by atoms with Gasteiger partial charge in [0.1, 0.15) is 5.76 Å². The van der Waals surface area contributed by atoms with Crippen LogP contribution in [0, 0.1) is 13.8 Å². The van der Waals surface area contributed by atoms with E-state index in [1.54, 1.807) is 7.11 Å². The molecule has 2 unspecified atom stereocenters. The Kier molecular flexibility index (Phi) is 4.96. The molecule has 1 rings (SSSR count). The molecular weight excluding hydrogens is 204 g/mol. The maximum atomic E-state index is 5.16. The lowest BCUT2D eigenvalue weighted by atomic mass is 10.1. The summed E-state index contributed by atoms with van der Waals surface area (Å²) in [6.45, 7) is 9.00. The van der Waals surface area contributed by atoms with Gasteiger partial charge in [-0.3, -0.25) is 0 Å². The van der Waals surface area contributed by atoms with Gasteiger partial charge in [-0.2, -0.15) is 0 Å². The molecule has 0 aromatic carbocycles. The Balaban J connectivity index is 2.55. The van der Waals surface area contributed by atoms with Crippen LogP contribution in [0.4, 0.5) is 0 Å². The van der Waals surface area contributed by atoms with Crippen LogP contribution in [0.5, 0.6) is 0 Å². The number of aromatic nitrogens is 1. The highest BCUT2D eigenvalue weighted by Crippen LogP contribution is 2.21. The van der Waals surface area contributed by atoms with Gasteiger partial charge < -0.3 is 14.6 Å². The van der Waals surface area contributed by atoms with Gasteiger partial charge in [-0.1, -0.05) is 5.16 Å². The number of hydrogen-bond acceptors (Lipinski definition) is 4. The van der Waals surface area contributed by atoms with Crippen LogP contribution in [0.3, 0.4) is 0 Å². The van der Waals surface area contributed by atoms with Crippen LogP contribution < -0.4 is 5.32 Å². The van der Waals surface area contributed by atoms with Crippen molar-refractivity contribution in [1.82, 2.24) is 10.5 Å². The number of ether oxygens (including phenoxy) is 1. The van der Waals surface area contributed by atoms with E-state index in [4.69, 9.17) is 9.26 Å². The molecule has 0 aliphatic heterocycles. The standard InChI is InChI=1S/C12H22N2O2/c1-8(6-7-15-5)13-9(2)12-10(3)14-16-11(12)4/h8-9,13H,6-7H2,1-5H3. The minimum absolute atomic E-state index is 0.262. The zero-order chi connectivity index (χ0) is 12.1. The van der Waals surface area contributed by atoms with Crippen molar-refractivity contribution in [2.45, 2.75) is 46.2 Å². The Hall–Kier alpha value is -0.870. The Morgan fingerprint density at radius 3 is 2.56 bits per heavy atom. The van der Waals surface area contributed by atoms with E-state index in [0.29, 0.717) is 6.04 Å². The lowest BCUT2D eigenvalue weighted by Gasteiger charge is -2.19. The van der Waals surface area contributed by atoms with E-state index in [2.05, 4.69) is 24.3 Å². The summed E-state index contributed by atoms with van der Waals surface area (Å²) in [5.41, 5.74) is 2.14. The average molecular weight is 226 g/mol. The first-order valence-corrected chi connectivity index (χ1v) is 5.74. The molecule has 16 heavy (non-hydrogen) atoms. The summed E-state index contributed by atoms with van der Waals surface area (Å²) in [5, 5.41) is 7.49. The highest BCUT2D eigenvalue weighted by molar-refractivity contribution is 5.24. The summed E-state index contributed by atoms with van der Waals surface area (Å²) in [6.07, 6.45) is 1.00. The number of nitrogens with zero attached hydrogens (tertiary/aromatic N) is 1. The van der Waals surface area contributed by atoms with E-state index in [9.17, 15) is 0 Å². The number of methoxy groups -OCH3 is 1. The third-order valence-corrected chi connectivity index (χ3v) is 2.81. The fourth-order valence-electron chi connectivity index (χ4n) is 2.00. The van der Waals surface area contributed by atoms with Gasteiger partial charge >= 0.3 is 0 Å². The first-order valence-electron chi connectivity index (χ1n) is 5.74. The van der Waals surface area contributed by atoms with Gasteiger partial charge in [-0.05, 0) is 34.1 Å². The van der Waals surface area contributed by atoms with Crippen molar-refractivity contribution < 1.29 is 9.26 Å². The van der Waals surface area contributed by atoms with Gasteiger partial charge in [-0.25, -0.2) is 0 Å². The van der Waals surface area contributed by atoms with Crippen LogP contribution in [0.1, 0.15) is 43.3 Å². The van der Waals surface area contributed by atoms with Gasteiger partial charge in [0, 0.05) is 31.4 Å². The second kappa shape index (κ2) is 6.01. The van der Waals surface area contributed by atoms with E-state index < -0.39 is 0 Å². The monoisotopic (exact) mass is 226 g/mol. The fourth-order valence-corrected chi connectivity index (χ4v) is 2.00. The minimum atomic E-state index is 0.262. The van der Waals surface area contributed by atoms with Crippen LogP contribution >= 0.6 is 0 Å². The van der Waals surface area contributed by atoms with Crippen LogP contribution in [0.25, 0.3) is 0 Å². The molecule has 1 aromatic heterocycles. The van der Waals surface area contributed by atoms with Crippen LogP contribution in [-0.4, -0.2) is 24.9 Å². The molecule has 0 amide bonds. The predicted octanol–water partition coefficient (Wildman–Crippen LogP) is 2.37. The number of rotatable bonds is 6. The van der Waals surface area contributed by atoms with Crippen molar-refractivity contribution in [3.05, 3.63) is 17.0 Å². The largest absolute Gasteiger partial charge is 0.385 e. The highest BCUT2D eigenvalue weighted by Gasteiger charge is 2.17. The maximum absolute atomic E-state index is 5.16. The van der Waals surface area contributed by atoms with Crippen molar-refractivity contribution in [3.63, 3.8) is 0 Å². The van der Waals surface area contributed by atoms with Crippen molar-refractivity contribution in [2.24, 2.45) is 0 Å². The highest BCUT2D eigenvalue weighted by atomic mass is 16.5. The van der Waals surface area contributed by atoms with E-state index in [1.807, 2.05) is 13.8 Å². The zero-order valence-electron chi connectivity index (χ0n) is 10.8. The predicted molar refractivity (Wildman–Crippen MR) is 63.5 cm³/mol. The quantitative estimate of drug-likeness (QED) is 0.809. The topological polar surface area (TPSA) is 47.3 Å². The molecule has 1 N–H and O–H groups in total. The molecule has 1 heterocycles. The molecule has 4 nitrogen and oxygen atoms in total. The molecular formula is C12H22N2O2. The molecule has 1 aromatic rings. The third-order valence-electron chi connectivity index (χ3n) is 2.81. The fraction of sp³-hybridized carbons (Fsp3) is 0.750. The van der Waals surface area contributed by atoms with Crippen LogP contribution in [0.2, 0.25) is 0 Å². The van der Waals surface area contributed by atoms with Gasteiger partial charge in [0.15, 0.2) is 0 Å². The van der Waals surface area contributed by atoms with Crippen LogP contribution in [0.15, 0.2) is 4.52 Å². The Bertz CT molecular complexity index is 303. The molecule has 0 aliphatic carbocycles. The van der Waals surface area contributed by atoms with Gasteiger partial charge in [-0.15, -0.1) is 0 Å².